The molecule has 3 heterocycles. The first kappa shape index (κ1) is 16.9. The quantitative estimate of drug-likeness (QED) is 0.872. The number of carbonyl (C=O) groups excluding carboxylic acids is 1. The molecular weight excluding hydrogens is 304 g/mol. The second kappa shape index (κ2) is 7.77. The van der Waals surface area contributed by atoms with Crippen molar-refractivity contribution in [3.8, 4) is 0 Å². The van der Waals surface area contributed by atoms with E-state index in [0.717, 1.165) is 30.9 Å². The summed E-state index contributed by atoms with van der Waals surface area (Å²) in [5, 5.41) is 2.98. The molecule has 0 spiro atoms. The summed E-state index contributed by atoms with van der Waals surface area (Å²) in [6.07, 6.45) is 5.14. The van der Waals surface area contributed by atoms with E-state index in [-0.39, 0.29) is 12.0 Å². The van der Waals surface area contributed by atoms with Crippen LogP contribution in [0.5, 0.6) is 0 Å². The molecule has 0 bridgehead atoms. The van der Waals surface area contributed by atoms with Crippen LogP contribution in [0.15, 0.2) is 30.6 Å². The summed E-state index contributed by atoms with van der Waals surface area (Å²) in [6.45, 7) is 7.44. The van der Waals surface area contributed by atoms with Crippen LogP contribution in [-0.4, -0.2) is 58.6 Å². The Bertz CT molecular complexity index is 649. The van der Waals surface area contributed by atoms with Crippen LogP contribution < -0.4 is 5.32 Å². The van der Waals surface area contributed by atoms with E-state index in [1.165, 1.54) is 0 Å². The Morgan fingerprint density at radius 2 is 2.33 bits per heavy atom. The maximum atomic E-state index is 12.1. The van der Waals surface area contributed by atoms with Crippen molar-refractivity contribution < 1.29 is 9.53 Å². The van der Waals surface area contributed by atoms with Crippen molar-refractivity contribution >= 4 is 11.6 Å². The lowest BCUT2D eigenvalue weighted by atomic mass is 10.1. The van der Waals surface area contributed by atoms with Gasteiger partial charge in [0.05, 0.1) is 24.8 Å². The van der Waals surface area contributed by atoms with Crippen molar-refractivity contribution in [2.24, 2.45) is 0 Å². The molecule has 1 N–H and O–H groups in total. The number of nitrogens with one attached hydrogen (secondary N) is 1. The molecule has 0 saturated carbocycles. The van der Waals surface area contributed by atoms with Crippen LogP contribution in [0, 0.1) is 0 Å². The molecule has 0 unspecified atom stereocenters. The van der Waals surface area contributed by atoms with Crippen LogP contribution in [0.2, 0.25) is 0 Å². The highest BCUT2D eigenvalue weighted by molar-refractivity contribution is 5.76. The monoisotopic (exact) mass is 330 g/mol. The fourth-order valence-corrected chi connectivity index (χ4v) is 3.05. The topological polar surface area (TPSA) is 58.9 Å². The third kappa shape index (κ3) is 4.33. The molecule has 0 aliphatic carbocycles. The van der Waals surface area contributed by atoms with E-state index < -0.39 is 0 Å². The standard InChI is InChI=1S/C18H26N4O2/c1-14(2)21-9-10-24-16(13-21)11-18(23)19-7-6-15-12-22-8-4-3-5-17(22)20-15/h3-5,8,12,14,16H,6-7,9-11,13H2,1-2H3,(H,19,23)/t16-/m1/s1. The van der Waals surface area contributed by atoms with E-state index in [1.807, 2.05) is 35.0 Å². The average molecular weight is 330 g/mol. The summed E-state index contributed by atoms with van der Waals surface area (Å²) < 4.78 is 7.71. The Kier molecular flexibility index (Phi) is 5.48. The van der Waals surface area contributed by atoms with E-state index in [2.05, 4.69) is 29.0 Å². The highest BCUT2D eigenvalue weighted by Gasteiger charge is 2.24. The molecule has 1 atom stereocenters. The molecule has 0 aromatic carbocycles. The Morgan fingerprint density at radius 1 is 1.46 bits per heavy atom. The van der Waals surface area contributed by atoms with Crippen LogP contribution in [0.4, 0.5) is 0 Å². The minimum Gasteiger partial charge on any atom is -0.375 e. The third-order valence-corrected chi connectivity index (χ3v) is 4.43. The predicted molar refractivity (Wildman–Crippen MR) is 93.0 cm³/mol. The fourth-order valence-electron chi connectivity index (χ4n) is 3.05. The molecule has 6 heteroatoms. The minimum absolute atomic E-state index is 0.00339. The zero-order chi connectivity index (χ0) is 16.9. The number of rotatable bonds is 6. The summed E-state index contributed by atoms with van der Waals surface area (Å²) in [6, 6.07) is 6.42. The lowest BCUT2D eigenvalue weighted by molar-refractivity contribution is -0.126. The highest BCUT2D eigenvalue weighted by Crippen LogP contribution is 2.11. The normalized spacial score (nSPS) is 19.0. The van der Waals surface area contributed by atoms with Crippen LogP contribution in [0.1, 0.15) is 26.0 Å². The summed E-state index contributed by atoms with van der Waals surface area (Å²) in [5.74, 6) is 0.0503. The van der Waals surface area contributed by atoms with Crippen LogP contribution in [0.25, 0.3) is 5.65 Å². The molecule has 3 rings (SSSR count). The number of fused-ring (bicyclic) bond motifs is 1. The smallest absolute Gasteiger partial charge is 0.222 e. The zero-order valence-electron chi connectivity index (χ0n) is 14.4. The van der Waals surface area contributed by atoms with Gasteiger partial charge in [-0.2, -0.15) is 0 Å². The van der Waals surface area contributed by atoms with Gasteiger partial charge in [0.15, 0.2) is 0 Å². The first-order chi connectivity index (χ1) is 11.6. The van der Waals surface area contributed by atoms with Gasteiger partial charge in [-0.05, 0) is 26.0 Å². The Balaban J connectivity index is 1.42. The van der Waals surface area contributed by atoms with Crippen molar-refractivity contribution in [3.63, 3.8) is 0 Å². The van der Waals surface area contributed by atoms with Gasteiger partial charge in [-0.15, -0.1) is 0 Å². The third-order valence-electron chi connectivity index (χ3n) is 4.43. The number of hydrogen-bond acceptors (Lipinski definition) is 4. The Morgan fingerprint density at radius 3 is 3.12 bits per heavy atom. The van der Waals surface area contributed by atoms with Gasteiger partial charge in [-0.3, -0.25) is 9.69 Å². The number of ether oxygens (including phenoxy) is 1. The van der Waals surface area contributed by atoms with E-state index in [0.29, 0.717) is 25.6 Å². The van der Waals surface area contributed by atoms with E-state index in [4.69, 9.17) is 4.74 Å². The summed E-state index contributed by atoms with van der Waals surface area (Å²) >= 11 is 0. The summed E-state index contributed by atoms with van der Waals surface area (Å²) in [7, 11) is 0. The molecule has 1 fully saturated rings. The first-order valence-electron chi connectivity index (χ1n) is 8.67. The number of nitrogens with zero attached hydrogens (tertiary/aromatic N) is 3. The summed E-state index contributed by atoms with van der Waals surface area (Å²) in [4.78, 5) is 19.0. The van der Waals surface area contributed by atoms with E-state index >= 15 is 0 Å². The van der Waals surface area contributed by atoms with Gasteiger partial charge < -0.3 is 14.5 Å². The van der Waals surface area contributed by atoms with Crippen molar-refractivity contribution in [1.82, 2.24) is 19.6 Å². The van der Waals surface area contributed by atoms with Gasteiger partial charge in [0, 0.05) is 44.5 Å². The number of morpholine rings is 1. The Labute approximate surface area is 142 Å². The second-order valence-electron chi connectivity index (χ2n) is 6.58. The second-order valence-corrected chi connectivity index (χ2v) is 6.58. The van der Waals surface area contributed by atoms with Crippen LogP contribution in [0.3, 0.4) is 0 Å². The molecule has 2 aromatic rings. The molecule has 1 amide bonds. The van der Waals surface area contributed by atoms with Gasteiger partial charge in [-0.1, -0.05) is 6.07 Å². The van der Waals surface area contributed by atoms with Gasteiger partial charge in [0.25, 0.3) is 0 Å². The SMILES string of the molecule is CC(C)N1CCO[C@H](CC(=O)NCCc2cn3ccccc3n2)C1. The average Bonchev–Trinajstić information content (AvgIpc) is 2.97. The van der Waals surface area contributed by atoms with Crippen molar-refractivity contribution in [2.75, 3.05) is 26.2 Å². The predicted octanol–water partition coefficient (Wildman–Crippen LogP) is 1.49. The van der Waals surface area contributed by atoms with E-state index in [1.54, 1.807) is 0 Å². The molecule has 24 heavy (non-hydrogen) atoms. The maximum absolute atomic E-state index is 12.1. The number of amides is 1. The first-order valence-corrected chi connectivity index (χ1v) is 8.67. The van der Waals surface area contributed by atoms with Crippen molar-refractivity contribution in [1.29, 1.82) is 0 Å². The Hall–Kier alpha value is -1.92. The molecule has 2 aromatic heterocycles. The summed E-state index contributed by atoms with van der Waals surface area (Å²) in [5.41, 5.74) is 1.92. The molecule has 0 radical (unpaired) electrons. The van der Waals surface area contributed by atoms with Gasteiger partial charge in [0.1, 0.15) is 5.65 Å². The van der Waals surface area contributed by atoms with Gasteiger partial charge in [-0.25, -0.2) is 4.98 Å². The lowest BCUT2D eigenvalue weighted by Crippen LogP contribution is -2.47. The molecule has 1 aliphatic rings. The minimum atomic E-state index is -0.00339. The number of pyridine rings is 1. The number of hydrogen-bond donors (Lipinski definition) is 1. The maximum Gasteiger partial charge on any atom is 0.222 e. The van der Waals surface area contributed by atoms with Crippen LogP contribution >= 0.6 is 0 Å². The molecule has 130 valence electrons. The van der Waals surface area contributed by atoms with Gasteiger partial charge in [0.2, 0.25) is 5.91 Å². The number of imidazole rings is 1. The van der Waals surface area contributed by atoms with Crippen molar-refractivity contribution in [3.05, 3.63) is 36.3 Å². The largest absolute Gasteiger partial charge is 0.375 e. The zero-order valence-corrected chi connectivity index (χ0v) is 14.4. The highest BCUT2D eigenvalue weighted by atomic mass is 16.5. The molecular formula is C18H26N4O2. The van der Waals surface area contributed by atoms with Crippen molar-refractivity contribution in [2.45, 2.75) is 38.8 Å². The molecule has 6 nitrogen and oxygen atoms in total. The lowest BCUT2D eigenvalue weighted by Gasteiger charge is -2.35. The fraction of sp³-hybridized carbons (Fsp3) is 0.556. The molecule has 1 saturated heterocycles. The van der Waals surface area contributed by atoms with Gasteiger partial charge >= 0.3 is 0 Å². The molecule has 1 aliphatic heterocycles. The number of carbonyl (C=O) groups is 1. The van der Waals surface area contributed by atoms with Crippen LogP contribution in [-0.2, 0) is 16.0 Å². The number of aromatic nitrogens is 2. The van der Waals surface area contributed by atoms with E-state index in [9.17, 15) is 4.79 Å².